The predicted molar refractivity (Wildman–Crippen MR) is 136 cm³/mol. The molecule has 0 radical (unpaired) electrons. The van der Waals surface area contributed by atoms with E-state index in [9.17, 15) is 28.1 Å². The van der Waals surface area contributed by atoms with Gasteiger partial charge in [0.1, 0.15) is 12.2 Å². The number of carbonyl (C=O) groups excluding carboxylic acids is 1. The van der Waals surface area contributed by atoms with Gasteiger partial charge in [-0.25, -0.2) is 0 Å². The van der Waals surface area contributed by atoms with Crippen molar-refractivity contribution in [3.8, 4) is 0 Å². The summed E-state index contributed by atoms with van der Waals surface area (Å²) in [5.41, 5.74) is -0.929. The topological polar surface area (TPSA) is 87.9 Å². The highest BCUT2D eigenvalue weighted by Gasteiger charge is 2.45. The molecular weight excluding hydrogens is 525 g/mol. The monoisotopic (exact) mass is 552 g/mol. The Morgan fingerprint density at radius 3 is 2.39 bits per heavy atom. The van der Waals surface area contributed by atoms with Crippen LogP contribution < -0.4 is 10.2 Å². The number of anilines is 2. The Morgan fingerprint density at radius 1 is 1.08 bits per heavy atom. The number of nitro groups is 1. The van der Waals surface area contributed by atoms with E-state index in [0.29, 0.717) is 37.3 Å². The first-order valence-electron chi connectivity index (χ1n) is 12.6. The fourth-order valence-corrected chi connectivity index (χ4v) is 5.94. The second-order valence-electron chi connectivity index (χ2n) is 10.1. The lowest BCUT2D eigenvalue weighted by atomic mass is 9.92. The Balaban J connectivity index is 1.07. The summed E-state index contributed by atoms with van der Waals surface area (Å²) in [6.07, 6.45) is -1.33. The molecule has 1 N–H and O–H groups in total. The summed E-state index contributed by atoms with van der Waals surface area (Å²) in [5, 5.41) is 14.7. The molecule has 2 aromatic rings. The number of hydrogen-bond acceptors (Lipinski definition) is 6. The number of hydrogen-bond donors (Lipinski definition) is 1. The average molecular weight is 553 g/mol. The molecule has 38 heavy (non-hydrogen) atoms. The molecule has 2 bridgehead atoms. The van der Waals surface area contributed by atoms with Gasteiger partial charge in [-0.05, 0) is 68.5 Å². The van der Waals surface area contributed by atoms with Crippen LogP contribution >= 0.6 is 11.6 Å². The quantitative estimate of drug-likeness (QED) is 0.361. The van der Waals surface area contributed by atoms with Crippen LogP contribution in [0.25, 0.3) is 0 Å². The third kappa shape index (κ3) is 5.68. The number of carbonyl (C=O) groups is 1. The molecule has 2 atom stereocenters. The molecule has 0 aromatic heterocycles. The smallest absolute Gasteiger partial charge is 0.382 e. The SMILES string of the molecule is O=C(CO[C@H]1CC[C@H](Nc2ccc([N+](=O)[O-])c(C(F)(F)F)c2)CC1)N1CC2CC1CN2c1ccc(Cl)cc1. The minimum Gasteiger partial charge on any atom is -0.382 e. The van der Waals surface area contributed by atoms with E-state index in [-0.39, 0.29) is 42.4 Å². The van der Waals surface area contributed by atoms with Crippen LogP contribution in [0.4, 0.5) is 30.2 Å². The number of nitrogens with one attached hydrogen (secondary N) is 1. The minimum atomic E-state index is -4.82. The lowest BCUT2D eigenvalue weighted by Gasteiger charge is -2.36. The van der Waals surface area contributed by atoms with Gasteiger partial charge in [-0.3, -0.25) is 14.9 Å². The maximum atomic E-state index is 13.3. The van der Waals surface area contributed by atoms with Crippen molar-refractivity contribution in [3.05, 3.63) is 63.2 Å². The van der Waals surface area contributed by atoms with Crippen LogP contribution in [0, 0.1) is 10.1 Å². The molecule has 3 aliphatic rings. The van der Waals surface area contributed by atoms with Gasteiger partial charge in [0, 0.05) is 47.6 Å². The molecule has 0 spiro atoms. The van der Waals surface area contributed by atoms with Crippen molar-refractivity contribution >= 4 is 34.6 Å². The van der Waals surface area contributed by atoms with Crippen LogP contribution in [0.15, 0.2) is 42.5 Å². The number of rotatable bonds is 7. The first-order valence-corrected chi connectivity index (χ1v) is 13.0. The van der Waals surface area contributed by atoms with Crippen LogP contribution in [-0.2, 0) is 15.7 Å². The zero-order valence-electron chi connectivity index (χ0n) is 20.5. The van der Waals surface area contributed by atoms with Crippen LogP contribution in [0.3, 0.4) is 0 Å². The lowest BCUT2D eigenvalue weighted by Crippen LogP contribution is -2.50. The number of amides is 1. The zero-order valence-corrected chi connectivity index (χ0v) is 21.3. The van der Waals surface area contributed by atoms with E-state index in [1.807, 2.05) is 29.2 Å². The highest BCUT2D eigenvalue weighted by Crippen LogP contribution is 2.38. The van der Waals surface area contributed by atoms with Gasteiger partial charge in [0.15, 0.2) is 0 Å². The predicted octanol–water partition coefficient (Wildman–Crippen LogP) is 5.50. The zero-order chi connectivity index (χ0) is 27.0. The van der Waals surface area contributed by atoms with E-state index in [1.165, 1.54) is 6.07 Å². The maximum Gasteiger partial charge on any atom is 0.423 e. The summed E-state index contributed by atoms with van der Waals surface area (Å²) in [6, 6.07) is 11.1. The highest BCUT2D eigenvalue weighted by molar-refractivity contribution is 6.30. The molecule has 2 unspecified atom stereocenters. The van der Waals surface area contributed by atoms with Crippen LogP contribution in [0.5, 0.6) is 0 Å². The van der Waals surface area contributed by atoms with Gasteiger partial charge < -0.3 is 19.9 Å². The Morgan fingerprint density at radius 2 is 1.79 bits per heavy atom. The average Bonchev–Trinajstić information content (AvgIpc) is 3.49. The van der Waals surface area contributed by atoms with Crippen LogP contribution in [-0.4, -0.2) is 59.7 Å². The molecule has 2 saturated heterocycles. The third-order valence-electron chi connectivity index (χ3n) is 7.71. The third-order valence-corrected chi connectivity index (χ3v) is 7.96. The van der Waals surface area contributed by atoms with E-state index in [1.54, 1.807) is 0 Å². The number of likely N-dealkylation sites (tertiary alicyclic amines) is 1. The van der Waals surface area contributed by atoms with Crippen molar-refractivity contribution in [2.75, 3.05) is 29.9 Å². The van der Waals surface area contributed by atoms with E-state index in [2.05, 4.69) is 10.2 Å². The van der Waals surface area contributed by atoms with E-state index >= 15 is 0 Å². The molecule has 5 rings (SSSR count). The number of alkyl halides is 3. The Hall–Kier alpha value is -3.05. The summed E-state index contributed by atoms with van der Waals surface area (Å²) < 4.78 is 45.7. The van der Waals surface area contributed by atoms with Gasteiger partial charge in [0.2, 0.25) is 5.91 Å². The maximum absolute atomic E-state index is 13.3. The molecule has 3 fully saturated rings. The fraction of sp³-hybridized carbons (Fsp3) is 0.500. The molecule has 204 valence electrons. The van der Waals surface area contributed by atoms with Crippen molar-refractivity contribution < 1.29 is 27.6 Å². The molecule has 1 aliphatic carbocycles. The number of nitro benzene ring substituents is 1. The lowest BCUT2D eigenvalue weighted by molar-refractivity contribution is -0.388. The number of piperazine rings is 1. The van der Waals surface area contributed by atoms with Crippen molar-refractivity contribution in [1.82, 2.24) is 4.90 Å². The molecular formula is C26H28ClF3N4O4. The number of ether oxygens (including phenoxy) is 1. The van der Waals surface area contributed by atoms with Gasteiger partial charge in [-0.15, -0.1) is 0 Å². The molecule has 12 heteroatoms. The molecule has 2 aliphatic heterocycles. The van der Waals surface area contributed by atoms with Crippen LogP contribution in [0.2, 0.25) is 5.02 Å². The number of nitrogens with zero attached hydrogens (tertiary/aromatic N) is 3. The second-order valence-corrected chi connectivity index (χ2v) is 10.6. The Kier molecular flexibility index (Phi) is 7.41. The highest BCUT2D eigenvalue weighted by atomic mass is 35.5. The van der Waals surface area contributed by atoms with E-state index in [0.717, 1.165) is 30.8 Å². The van der Waals surface area contributed by atoms with Crippen LogP contribution in [0.1, 0.15) is 37.7 Å². The first kappa shape index (κ1) is 26.6. The molecule has 2 heterocycles. The standard InChI is InChI=1S/C26H28ClF3N4O4/c27-16-1-6-19(7-2-16)32-13-21-12-20(32)14-33(21)25(35)15-38-22-8-3-17(4-9-22)31-18-5-10-24(34(36)37)23(11-18)26(28,29)30/h1-2,5-7,10-11,17,20-22,31H,3-4,8-9,12-15H2/t17-,20?,21?,22-. The van der Waals surface area contributed by atoms with Gasteiger partial charge >= 0.3 is 6.18 Å². The van der Waals surface area contributed by atoms with Crippen molar-refractivity contribution in [3.63, 3.8) is 0 Å². The van der Waals surface area contributed by atoms with Crippen molar-refractivity contribution in [1.29, 1.82) is 0 Å². The molecule has 8 nitrogen and oxygen atoms in total. The molecule has 2 aromatic carbocycles. The normalized spacial score (nSPS) is 25.1. The first-order chi connectivity index (χ1) is 18.1. The number of fused-ring (bicyclic) bond motifs is 2. The summed E-state index contributed by atoms with van der Waals surface area (Å²) >= 11 is 5.99. The summed E-state index contributed by atoms with van der Waals surface area (Å²) in [4.78, 5) is 27.0. The van der Waals surface area contributed by atoms with E-state index < -0.39 is 22.4 Å². The van der Waals surface area contributed by atoms with Crippen molar-refractivity contribution in [2.24, 2.45) is 0 Å². The minimum absolute atomic E-state index is 0.0148. The van der Waals surface area contributed by atoms with Gasteiger partial charge in [0.05, 0.1) is 17.1 Å². The summed E-state index contributed by atoms with van der Waals surface area (Å²) in [5.74, 6) is -0.0148. The van der Waals surface area contributed by atoms with E-state index in [4.69, 9.17) is 16.3 Å². The molecule has 1 amide bonds. The molecule has 1 saturated carbocycles. The van der Waals surface area contributed by atoms with Gasteiger partial charge in [-0.1, -0.05) is 11.6 Å². The number of benzene rings is 2. The van der Waals surface area contributed by atoms with Crippen molar-refractivity contribution in [2.45, 2.75) is 62.5 Å². The fourth-order valence-electron chi connectivity index (χ4n) is 5.81. The van der Waals surface area contributed by atoms with Gasteiger partial charge in [-0.2, -0.15) is 13.2 Å². The Bertz CT molecular complexity index is 1190. The van der Waals surface area contributed by atoms with Gasteiger partial charge in [0.25, 0.3) is 5.69 Å². The summed E-state index contributed by atoms with van der Waals surface area (Å²) in [7, 11) is 0. The second kappa shape index (κ2) is 10.6. The largest absolute Gasteiger partial charge is 0.423 e. The summed E-state index contributed by atoms with van der Waals surface area (Å²) in [6.45, 7) is 1.47. The Labute approximate surface area is 222 Å². The number of halogens is 4.